The highest BCUT2D eigenvalue weighted by molar-refractivity contribution is 7.94. The van der Waals surface area contributed by atoms with Gasteiger partial charge >= 0.3 is 0 Å². The largest absolute Gasteiger partial charge is 0.385 e. The van der Waals surface area contributed by atoms with Gasteiger partial charge in [-0.3, -0.25) is 4.72 Å². The van der Waals surface area contributed by atoms with Gasteiger partial charge in [-0.05, 0) is 55.7 Å². The number of thiophene rings is 1. The van der Waals surface area contributed by atoms with Crippen molar-refractivity contribution in [1.29, 1.82) is 0 Å². The van der Waals surface area contributed by atoms with Crippen LogP contribution in [0.4, 0.5) is 11.4 Å². The van der Waals surface area contributed by atoms with E-state index in [2.05, 4.69) is 23.9 Å². The van der Waals surface area contributed by atoms with Crippen molar-refractivity contribution in [3.63, 3.8) is 0 Å². The number of hydrogen-bond donors (Lipinski definition) is 2. The van der Waals surface area contributed by atoms with Crippen LogP contribution in [0.25, 0.3) is 0 Å². The lowest BCUT2D eigenvalue weighted by molar-refractivity contribution is 0.603. The van der Waals surface area contributed by atoms with Crippen LogP contribution < -0.4 is 10.0 Å². The molecule has 1 aromatic heterocycles. The fourth-order valence-corrected chi connectivity index (χ4v) is 4.27. The Kier molecular flexibility index (Phi) is 5.47. The van der Waals surface area contributed by atoms with Crippen molar-refractivity contribution in [1.82, 2.24) is 0 Å². The molecule has 4 nitrogen and oxygen atoms in total. The fraction of sp³-hybridized carbons (Fsp3) is 0.375. The van der Waals surface area contributed by atoms with E-state index < -0.39 is 10.0 Å². The van der Waals surface area contributed by atoms with E-state index in [4.69, 9.17) is 0 Å². The van der Waals surface area contributed by atoms with E-state index >= 15 is 0 Å². The van der Waals surface area contributed by atoms with Crippen LogP contribution in [0.15, 0.2) is 40.6 Å². The normalized spacial score (nSPS) is 11.6. The SMILES string of the molecule is Cc1ccc(S(=O)(=O)Nc2ccc(NCCC(C)C)cc2)s1. The molecule has 0 aliphatic heterocycles. The molecular weight excluding hydrogens is 316 g/mol. The third-order valence-corrected chi connectivity index (χ3v) is 6.04. The monoisotopic (exact) mass is 338 g/mol. The number of hydrogen-bond acceptors (Lipinski definition) is 4. The van der Waals surface area contributed by atoms with Gasteiger partial charge in [-0.25, -0.2) is 8.42 Å². The zero-order valence-electron chi connectivity index (χ0n) is 13.1. The van der Waals surface area contributed by atoms with Gasteiger partial charge in [0.1, 0.15) is 4.21 Å². The molecule has 6 heteroatoms. The second-order valence-corrected chi connectivity index (χ2v) is 8.85. The number of sulfonamides is 1. The molecule has 0 saturated carbocycles. The molecule has 1 aromatic carbocycles. The van der Waals surface area contributed by atoms with Crippen LogP contribution in [-0.2, 0) is 10.0 Å². The van der Waals surface area contributed by atoms with Gasteiger partial charge in [-0.1, -0.05) is 13.8 Å². The van der Waals surface area contributed by atoms with E-state index in [9.17, 15) is 8.42 Å². The average Bonchev–Trinajstić information content (AvgIpc) is 2.88. The molecule has 0 fully saturated rings. The molecule has 2 aromatic rings. The predicted octanol–water partition coefficient (Wildman–Crippen LogP) is 4.32. The predicted molar refractivity (Wildman–Crippen MR) is 94.3 cm³/mol. The van der Waals surface area contributed by atoms with Gasteiger partial charge in [0, 0.05) is 22.8 Å². The zero-order valence-corrected chi connectivity index (χ0v) is 14.7. The summed E-state index contributed by atoms with van der Waals surface area (Å²) in [5.41, 5.74) is 1.57. The molecule has 2 rings (SSSR count). The van der Waals surface area contributed by atoms with Crippen LogP contribution in [0.2, 0.25) is 0 Å². The molecule has 0 aliphatic rings. The van der Waals surface area contributed by atoms with Gasteiger partial charge in [0.05, 0.1) is 0 Å². The lowest BCUT2D eigenvalue weighted by Crippen LogP contribution is -2.11. The van der Waals surface area contributed by atoms with Gasteiger partial charge in [-0.15, -0.1) is 11.3 Å². The lowest BCUT2D eigenvalue weighted by atomic mass is 10.1. The topological polar surface area (TPSA) is 58.2 Å². The smallest absolute Gasteiger partial charge is 0.271 e. The molecule has 0 aliphatic carbocycles. The van der Waals surface area contributed by atoms with E-state index in [0.717, 1.165) is 23.5 Å². The molecule has 0 atom stereocenters. The highest BCUT2D eigenvalue weighted by atomic mass is 32.2. The van der Waals surface area contributed by atoms with E-state index in [1.165, 1.54) is 11.3 Å². The van der Waals surface area contributed by atoms with Crippen LogP contribution in [0.5, 0.6) is 0 Å². The van der Waals surface area contributed by atoms with Crippen LogP contribution >= 0.6 is 11.3 Å². The Morgan fingerprint density at radius 2 is 1.68 bits per heavy atom. The van der Waals surface area contributed by atoms with Crippen molar-refractivity contribution in [3.05, 3.63) is 41.3 Å². The first kappa shape index (κ1) is 16.8. The van der Waals surface area contributed by atoms with Gasteiger partial charge in [-0.2, -0.15) is 0 Å². The van der Waals surface area contributed by atoms with Crippen molar-refractivity contribution in [2.24, 2.45) is 5.92 Å². The Balaban J connectivity index is 1.99. The van der Waals surface area contributed by atoms with Gasteiger partial charge in [0.25, 0.3) is 10.0 Å². The summed E-state index contributed by atoms with van der Waals surface area (Å²) < 4.78 is 27.4. The minimum atomic E-state index is -3.49. The molecule has 0 amide bonds. The van der Waals surface area contributed by atoms with Gasteiger partial charge in [0.2, 0.25) is 0 Å². The third-order valence-electron chi connectivity index (χ3n) is 3.17. The molecule has 1 heterocycles. The van der Waals surface area contributed by atoms with Crippen molar-refractivity contribution < 1.29 is 8.42 Å². The number of rotatable bonds is 7. The van der Waals surface area contributed by atoms with Crippen LogP contribution in [0, 0.1) is 12.8 Å². The molecule has 0 radical (unpaired) electrons. The third kappa shape index (κ3) is 4.74. The summed E-state index contributed by atoms with van der Waals surface area (Å²) in [5.74, 6) is 0.660. The van der Waals surface area contributed by atoms with Gasteiger partial charge < -0.3 is 5.32 Å². The maximum atomic E-state index is 12.2. The van der Waals surface area contributed by atoms with Crippen LogP contribution in [0.1, 0.15) is 25.1 Å². The summed E-state index contributed by atoms with van der Waals surface area (Å²) in [4.78, 5) is 0.977. The minimum Gasteiger partial charge on any atom is -0.385 e. The molecule has 120 valence electrons. The molecule has 22 heavy (non-hydrogen) atoms. The number of benzene rings is 1. The molecule has 0 spiro atoms. The molecular formula is C16H22N2O2S2. The van der Waals surface area contributed by atoms with E-state index in [1.54, 1.807) is 24.3 Å². The summed E-state index contributed by atoms with van der Waals surface area (Å²) in [5, 5.41) is 3.33. The summed E-state index contributed by atoms with van der Waals surface area (Å²) in [6.07, 6.45) is 1.10. The summed E-state index contributed by atoms with van der Waals surface area (Å²) in [7, 11) is -3.49. The summed E-state index contributed by atoms with van der Waals surface area (Å²) in [6, 6.07) is 10.8. The molecule has 0 bridgehead atoms. The van der Waals surface area contributed by atoms with Gasteiger partial charge in [0.15, 0.2) is 0 Å². The lowest BCUT2D eigenvalue weighted by Gasteiger charge is -2.10. The summed E-state index contributed by atoms with van der Waals surface area (Å²) >= 11 is 1.27. The van der Waals surface area contributed by atoms with Crippen molar-refractivity contribution >= 4 is 32.7 Å². The number of aryl methyl sites for hydroxylation is 1. The van der Waals surface area contributed by atoms with E-state index in [-0.39, 0.29) is 0 Å². The Bertz CT molecular complexity index is 704. The average molecular weight is 338 g/mol. The maximum absolute atomic E-state index is 12.2. The van der Waals surface area contributed by atoms with E-state index in [1.807, 2.05) is 19.1 Å². The first-order valence-corrected chi connectivity index (χ1v) is 9.60. The first-order chi connectivity index (χ1) is 10.4. The number of anilines is 2. The second kappa shape index (κ2) is 7.15. The molecule has 0 saturated heterocycles. The van der Waals surface area contributed by atoms with Crippen molar-refractivity contribution in [2.45, 2.75) is 31.4 Å². The Hall–Kier alpha value is -1.53. The Morgan fingerprint density at radius 1 is 1.05 bits per heavy atom. The maximum Gasteiger partial charge on any atom is 0.271 e. The fourth-order valence-electron chi connectivity index (χ4n) is 1.92. The van der Waals surface area contributed by atoms with E-state index in [0.29, 0.717) is 15.8 Å². The quantitative estimate of drug-likeness (QED) is 0.790. The van der Waals surface area contributed by atoms with Crippen molar-refractivity contribution in [3.8, 4) is 0 Å². The summed E-state index contributed by atoms with van der Waals surface area (Å²) in [6.45, 7) is 7.18. The molecule has 0 unspecified atom stereocenters. The Labute approximate surface area is 136 Å². The van der Waals surface area contributed by atoms with Crippen molar-refractivity contribution in [2.75, 3.05) is 16.6 Å². The minimum absolute atomic E-state index is 0.337. The zero-order chi connectivity index (χ0) is 16.2. The van der Waals surface area contributed by atoms with Crippen LogP contribution in [0.3, 0.4) is 0 Å². The second-order valence-electron chi connectivity index (χ2n) is 5.66. The highest BCUT2D eigenvalue weighted by Gasteiger charge is 2.16. The molecule has 2 N–H and O–H groups in total. The standard InChI is InChI=1S/C16H22N2O2S2/c1-12(2)10-11-17-14-5-7-15(8-6-14)18-22(19,20)16-9-4-13(3)21-16/h4-9,12,17-18H,10-11H2,1-3H3. The number of nitrogens with one attached hydrogen (secondary N) is 2. The first-order valence-electron chi connectivity index (χ1n) is 7.30. The highest BCUT2D eigenvalue weighted by Crippen LogP contribution is 2.24. The van der Waals surface area contributed by atoms with Crippen LogP contribution in [-0.4, -0.2) is 15.0 Å². The Morgan fingerprint density at radius 3 is 2.23 bits per heavy atom.